The summed E-state index contributed by atoms with van der Waals surface area (Å²) < 4.78 is 5.22. The molecule has 0 saturated carbocycles. The lowest BCUT2D eigenvalue weighted by molar-refractivity contribution is 0.119. The van der Waals surface area contributed by atoms with Crippen molar-refractivity contribution in [2.24, 2.45) is 0 Å². The molecule has 4 nitrogen and oxygen atoms in total. The molecule has 2 aliphatic rings. The van der Waals surface area contributed by atoms with Gasteiger partial charge in [-0.1, -0.05) is 6.92 Å². The third-order valence-electron chi connectivity index (χ3n) is 4.85. The van der Waals surface area contributed by atoms with Crippen LogP contribution in [0.1, 0.15) is 54.2 Å². The van der Waals surface area contributed by atoms with Gasteiger partial charge < -0.3 is 10.1 Å². The third-order valence-corrected chi connectivity index (χ3v) is 6.21. The Morgan fingerprint density at radius 1 is 1.36 bits per heavy atom. The Hall–Kier alpha value is -0.490. The largest absolute Gasteiger partial charge is 0.383 e. The molecule has 2 heterocycles. The van der Waals surface area contributed by atoms with Crippen LogP contribution in [-0.2, 0) is 17.6 Å². The fourth-order valence-electron chi connectivity index (χ4n) is 3.68. The Labute approximate surface area is 138 Å². The molecule has 0 amide bonds. The average molecular weight is 324 g/mol. The summed E-state index contributed by atoms with van der Waals surface area (Å²) in [5.41, 5.74) is 1.37. The number of fused-ring (bicyclic) bond motifs is 1. The van der Waals surface area contributed by atoms with Gasteiger partial charge in [-0.3, -0.25) is 4.90 Å². The summed E-state index contributed by atoms with van der Waals surface area (Å²) in [5.74, 6) is 0. The Morgan fingerprint density at radius 3 is 3.09 bits per heavy atom. The number of piperidine rings is 1. The molecule has 22 heavy (non-hydrogen) atoms. The molecule has 0 bridgehead atoms. The number of aromatic nitrogens is 1. The first kappa shape index (κ1) is 16.4. The van der Waals surface area contributed by atoms with Crippen LogP contribution >= 0.6 is 11.3 Å². The smallest absolute Gasteiger partial charge is 0.0928 e. The van der Waals surface area contributed by atoms with Gasteiger partial charge in [0, 0.05) is 37.2 Å². The Bertz CT molecular complexity index is 476. The molecular weight excluding hydrogens is 294 g/mol. The van der Waals surface area contributed by atoms with Crippen molar-refractivity contribution in [3.8, 4) is 0 Å². The van der Waals surface area contributed by atoms with Crippen LogP contribution in [0.2, 0.25) is 0 Å². The van der Waals surface area contributed by atoms with E-state index in [0.29, 0.717) is 12.1 Å². The number of rotatable bonds is 6. The van der Waals surface area contributed by atoms with Crippen LogP contribution in [0.4, 0.5) is 0 Å². The maximum atomic E-state index is 5.22. The molecular formula is C17H29N3OS. The molecule has 5 heteroatoms. The quantitative estimate of drug-likeness (QED) is 0.873. The van der Waals surface area contributed by atoms with Crippen molar-refractivity contribution in [3.05, 3.63) is 15.6 Å². The van der Waals surface area contributed by atoms with Crippen LogP contribution in [0.25, 0.3) is 0 Å². The molecule has 1 fully saturated rings. The number of likely N-dealkylation sites (tertiary alicyclic amines) is 1. The molecule has 1 saturated heterocycles. The van der Waals surface area contributed by atoms with E-state index < -0.39 is 0 Å². The van der Waals surface area contributed by atoms with E-state index in [4.69, 9.17) is 9.72 Å². The van der Waals surface area contributed by atoms with Crippen LogP contribution in [-0.4, -0.2) is 49.3 Å². The van der Waals surface area contributed by atoms with Crippen LogP contribution in [0, 0.1) is 0 Å². The summed E-state index contributed by atoms with van der Waals surface area (Å²) in [6.45, 7) is 6.49. The van der Waals surface area contributed by atoms with Gasteiger partial charge in [-0.2, -0.15) is 0 Å². The van der Waals surface area contributed by atoms with Crippen molar-refractivity contribution >= 4 is 11.3 Å². The fourth-order valence-corrected chi connectivity index (χ4v) is 4.83. The van der Waals surface area contributed by atoms with Gasteiger partial charge in [0.15, 0.2) is 0 Å². The van der Waals surface area contributed by atoms with Gasteiger partial charge in [-0.15, -0.1) is 11.3 Å². The Morgan fingerprint density at radius 2 is 2.27 bits per heavy atom. The molecule has 2 atom stereocenters. The maximum absolute atomic E-state index is 5.22. The average Bonchev–Trinajstić information content (AvgIpc) is 2.98. The highest BCUT2D eigenvalue weighted by molar-refractivity contribution is 7.11. The van der Waals surface area contributed by atoms with Crippen molar-refractivity contribution < 1.29 is 4.74 Å². The van der Waals surface area contributed by atoms with Gasteiger partial charge in [0.2, 0.25) is 0 Å². The molecule has 0 spiro atoms. The van der Waals surface area contributed by atoms with E-state index in [9.17, 15) is 0 Å². The number of thiazole rings is 1. The lowest BCUT2D eigenvalue weighted by Gasteiger charge is -2.36. The highest BCUT2D eigenvalue weighted by Gasteiger charge is 2.28. The molecule has 1 aromatic rings. The number of hydrogen-bond acceptors (Lipinski definition) is 5. The minimum absolute atomic E-state index is 0.536. The first-order valence-corrected chi connectivity index (χ1v) is 9.57. The summed E-state index contributed by atoms with van der Waals surface area (Å²) in [6.07, 6.45) is 7.39. The predicted molar refractivity (Wildman–Crippen MR) is 91.6 cm³/mol. The van der Waals surface area contributed by atoms with Crippen LogP contribution in [0.15, 0.2) is 0 Å². The van der Waals surface area contributed by atoms with Gasteiger partial charge in [0.25, 0.3) is 0 Å². The third kappa shape index (κ3) is 3.88. The minimum Gasteiger partial charge on any atom is -0.383 e. The first-order valence-electron chi connectivity index (χ1n) is 8.76. The molecule has 3 rings (SSSR count). The molecule has 0 unspecified atom stereocenters. The number of aryl methyl sites for hydroxylation is 2. The molecule has 0 radical (unpaired) electrons. The Balaban J connectivity index is 1.60. The van der Waals surface area contributed by atoms with E-state index >= 15 is 0 Å². The molecule has 0 aromatic carbocycles. The second-order valence-electron chi connectivity index (χ2n) is 6.52. The normalized spacial score (nSPS) is 26.1. The topological polar surface area (TPSA) is 37.4 Å². The molecule has 1 aromatic heterocycles. The highest BCUT2D eigenvalue weighted by Crippen LogP contribution is 2.35. The van der Waals surface area contributed by atoms with Crippen LogP contribution < -0.4 is 5.32 Å². The summed E-state index contributed by atoms with van der Waals surface area (Å²) in [6, 6.07) is 1.16. The lowest BCUT2D eigenvalue weighted by Crippen LogP contribution is -2.47. The van der Waals surface area contributed by atoms with Gasteiger partial charge in [-0.05, 0) is 45.1 Å². The maximum Gasteiger partial charge on any atom is 0.0928 e. The van der Waals surface area contributed by atoms with Gasteiger partial charge in [0.1, 0.15) is 0 Å². The zero-order valence-corrected chi connectivity index (χ0v) is 14.8. The minimum atomic E-state index is 0.536. The molecule has 124 valence electrons. The van der Waals surface area contributed by atoms with Crippen LogP contribution in [0.3, 0.4) is 0 Å². The second kappa shape index (κ2) is 7.86. The number of methoxy groups -OCH3 is 1. The van der Waals surface area contributed by atoms with Gasteiger partial charge in [-0.25, -0.2) is 4.98 Å². The van der Waals surface area contributed by atoms with E-state index in [-0.39, 0.29) is 0 Å². The standard InChI is InChI=1S/C17H29N3OS/c1-3-16-19-15-8-4-7-14(17(15)22-16)18-13-6-5-9-20(12-13)10-11-21-2/h13-14,18H,3-12H2,1-2H3/t13-,14-/m0/s1. The van der Waals surface area contributed by atoms with E-state index in [0.717, 1.165) is 26.1 Å². The first-order chi connectivity index (χ1) is 10.8. The van der Waals surface area contributed by atoms with Gasteiger partial charge in [0.05, 0.1) is 17.3 Å². The van der Waals surface area contributed by atoms with Crippen molar-refractivity contribution in [2.75, 3.05) is 33.4 Å². The Kier molecular flexibility index (Phi) is 5.85. The van der Waals surface area contributed by atoms with E-state index in [2.05, 4.69) is 17.1 Å². The summed E-state index contributed by atoms with van der Waals surface area (Å²) in [7, 11) is 1.79. The monoisotopic (exact) mass is 323 g/mol. The lowest BCUT2D eigenvalue weighted by atomic mass is 9.96. The zero-order chi connectivity index (χ0) is 15.4. The highest BCUT2D eigenvalue weighted by atomic mass is 32.1. The molecule has 1 aliphatic heterocycles. The van der Waals surface area contributed by atoms with Crippen LogP contribution in [0.5, 0.6) is 0 Å². The number of ether oxygens (including phenoxy) is 1. The summed E-state index contributed by atoms with van der Waals surface area (Å²) in [5, 5.41) is 5.26. The fraction of sp³-hybridized carbons (Fsp3) is 0.824. The SMILES string of the molecule is CCc1nc2c(s1)[C@@H](N[C@H]1CCCN(CCOC)C1)CCC2. The number of nitrogens with one attached hydrogen (secondary N) is 1. The van der Waals surface area contributed by atoms with Crippen molar-refractivity contribution in [1.29, 1.82) is 0 Å². The predicted octanol–water partition coefficient (Wildman–Crippen LogP) is 2.78. The van der Waals surface area contributed by atoms with E-state index in [1.165, 1.54) is 54.2 Å². The summed E-state index contributed by atoms with van der Waals surface area (Å²) in [4.78, 5) is 8.88. The van der Waals surface area contributed by atoms with Crippen molar-refractivity contribution in [2.45, 2.75) is 57.5 Å². The molecule has 1 N–H and O–H groups in total. The van der Waals surface area contributed by atoms with Crippen molar-refractivity contribution in [1.82, 2.24) is 15.2 Å². The van der Waals surface area contributed by atoms with Crippen molar-refractivity contribution in [3.63, 3.8) is 0 Å². The molecule has 1 aliphatic carbocycles. The number of nitrogens with zero attached hydrogens (tertiary/aromatic N) is 2. The van der Waals surface area contributed by atoms with Gasteiger partial charge >= 0.3 is 0 Å². The summed E-state index contributed by atoms with van der Waals surface area (Å²) >= 11 is 1.94. The van der Waals surface area contributed by atoms with E-state index in [1.807, 2.05) is 11.3 Å². The van der Waals surface area contributed by atoms with E-state index in [1.54, 1.807) is 7.11 Å². The second-order valence-corrected chi connectivity index (χ2v) is 7.63. The number of hydrogen-bond donors (Lipinski definition) is 1. The zero-order valence-electron chi connectivity index (χ0n) is 13.9.